The zero-order chi connectivity index (χ0) is 20.4. The van der Waals surface area contributed by atoms with E-state index in [-0.39, 0.29) is 35.3 Å². The molecule has 0 saturated carbocycles. The lowest BCUT2D eigenvalue weighted by Crippen LogP contribution is -2.50. The van der Waals surface area contributed by atoms with Crippen LogP contribution in [0.3, 0.4) is 0 Å². The maximum Gasteiger partial charge on any atom is 0.233 e. The summed E-state index contributed by atoms with van der Waals surface area (Å²) < 4.78 is 0. The van der Waals surface area contributed by atoms with Crippen LogP contribution in [0.2, 0.25) is 0 Å². The molecule has 1 aromatic carbocycles. The molecule has 1 fully saturated rings. The van der Waals surface area contributed by atoms with Gasteiger partial charge in [-0.1, -0.05) is 44.2 Å². The molecule has 1 amide bonds. The minimum atomic E-state index is 0. The number of aliphatic imine (C=N–C) groups is 1. The van der Waals surface area contributed by atoms with Crippen LogP contribution in [-0.2, 0) is 11.2 Å². The predicted octanol–water partition coefficient (Wildman–Crippen LogP) is 2.64. The van der Waals surface area contributed by atoms with Gasteiger partial charge in [0.15, 0.2) is 5.96 Å². The van der Waals surface area contributed by atoms with Crippen LogP contribution in [0, 0.1) is 5.41 Å². The molecule has 6 nitrogen and oxygen atoms in total. The lowest BCUT2D eigenvalue weighted by molar-refractivity contribution is -0.122. The average Bonchev–Trinajstić information content (AvgIpc) is 2.68. The summed E-state index contributed by atoms with van der Waals surface area (Å²) in [6, 6.07) is 11.0. The second-order valence-corrected chi connectivity index (χ2v) is 8.39. The van der Waals surface area contributed by atoms with E-state index >= 15 is 0 Å². The highest BCUT2D eigenvalue weighted by Crippen LogP contribution is 2.22. The zero-order valence-corrected chi connectivity index (χ0v) is 20.7. The van der Waals surface area contributed by atoms with Gasteiger partial charge in [-0.3, -0.25) is 14.7 Å². The van der Waals surface area contributed by atoms with Gasteiger partial charge < -0.3 is 16.0 Å². The summed E-state index contributed by atoms with van der Waals surface area (Å²) in [6.07, 6.45) is 3.05. The summed E-state index contributed by atoms with van der Waals surface area (Å²) in [4.78, 5) is 18.6. The third-order valence-electron chi connectivity index (χ3n) is 5.11. The molecule has 164 valence electrons. The Hall–Kier alpha value is -1.35. The van der Waals surface area contributed by atoms with Gasteiger partial charge in [0, 0.05) is 39.3 Å². The standard InChI is InChI=1S/C22H37N5O.HI/c1-5-24-21(25-17-22(2,3)15-18-9-7-6-8-10-18)26-19-11-13-27(14-12-19)16-20(28)23-4;/h6-10,19H,5,11-17H2,1-4H3,(H,23,28)(H2,24,25,26);1H. The van der Waals surface area contributed by atoms with Gasteiger partial charge in [-0.15, -0.1) is 24.0 Å². The second-order valence-electron chi connectivity index (χ2n) is 8.39. The Balaban J connectivity index is 0.00000420. The number of halogens is 1. The molecule has 1 saturated heterocycles. The quantitative estimate of drug-likeness (QED) is 0.283. The van der Waals surface area contributed by atoms with Crippen molar-refractivity contribution in [3.8, 4) is 0 Å². The van der Waals surface area contributed by atoms with E-state index in [0.717, 1.165) is 51.4 Å². The molecule has 0 unspecified atom stereocenters. The van der Waals surface area contributed by atoms with Crippen LogP contribution >= 0.6 is 24.0 Å². The van der Waals surface area contributed by atoms with E-state index in [2.05, 4.69) is 72.0 Å². The summed E-state index contributed by atoms with van der Waals surface area (Å²) in [5.74, 6) is 0.982. The monoisotopic (exact) mass is 515 g/mol. The van der Waals surface area contributed by atoms with Gasteiger partial charge in [0.25, 0.3) is 0 Å². The maximum atomic E-state index is 11.5. The van der Waals surface area contributed by atoms with Crippen molar-refractivity contribution >= 4 is 35.8 Å². The number of rotatable bonds is 8. The Morgan fingerprint density at radius 3 is 2.45 bits per heavy atom. The molecular weight excluding hydrogens is 477 g/mol. The van der Waals surface area contributed by atoms with Crippen molar-refractivity contribution in [2.75, 3.05) is 39.8 Å². The fraction of sp³-hybridized carbons (Fsp3) is 0.636. The van der Waals surface area contributed by atoms with Crippen LogP contribution in [0.4, 0.5) is 0 Å². The fourth-order valence-electron chi connectivity index (χ4n) is 3.53. The molecular formula is C22H38IN5O. The third-order valence-corrected chi connectivity index (χ3v) is 5.11. The van der Waals surface area contributed by atoms with Crippen LogP contribution in [0.25, 0.3) is 0 Å². The summed E-state index contributed by atoms with van der Waals surface area (Å²) in [7, 11) is 1.69. The van der Waals surface area contributed by atoms with Crippen LogP contribution in [0.1, 0.15) is 39.2 Å². The van der Waals surface area contributed by atoms with Crippen molar-refractivity contribution in [2.45, 2.75) is 46.1 Å². The van der Waals surface area contributed by atoms with Gasteiger partial charge in [-0.25, -0.2) is 0 Å². The summed E-state index contributed by atoms with van der Waals surface area (Å²) in [5.41, 5.74) is 1.45. The van der Waals surface area contributed by atoms with Crippen LogP contribution in [0.15, 0.2) is 35.3 Å². The minimum absolute atomic E-state index is 0. The van der Waals surface area contributed by atoms with Gasteiger partial charge in [0.1, 0.15) is 0 Å². The van der Waals surface area contributed by atoms with Crippen molar-refractivity contribution in [3.63, 3.8) is 0 Å². The molecule has 0 spiro atoms. The number of guanidine groups is 1. The first-order chi connectivity index (χ1) is 13.4. The smallest absolute Gasteiger partial charge is 0.233 e. The van der Waals surface area contributed by atoms with Crippen LogP contribution < -0.4 is 16.0 Å². The normalized spacial score (nSPS) is 16.1. The molecule has 1 aromatic rings. The Labute approximate surface area is 193 Å². The van der Waals surface area contributed by atoms with Gasteiger partial charge in [-0.05, 0) is 37.2 Å². The van der Waals surface area contributed by atoms with Gasteiger partial charge in [0.05, 0.1) is 6.54 Å². The van der Waals surface area contributed by atoms with Gasteiger partial charge in [-0.2, -0.15) is 0 Å². The molecule has 1 heterocycles. The van der Waals surface area contributed by atoms with Crippen molar-refractivity contribution in [3.05, 3.63) is 35.9 Å². The van der Waals surface area contributed by atoms with Gasteiger partial charge in [0.2, 0.25) is 5.91 Å². The Morgan fingerprint density at radius 2 is 1.86 bits per heavy atom. The Kier molecular flexibility index (Phi) is 11.6. The number of carbonyl (C=O) groups is 1. The van der Waals surface area contributed by atoms with Crippen molar-refractivity contribution in [1.82, 2.24) is 20.9 Å². The average molecular weight is 515 g/mol. The lowest BCUT2D eigenvalue weighted by atomic mass is 9.86. The first-order valence-electron chi connectivity index (χ1n) is 10.4. The second kappa shape index (κ2) is 13.1. The number of nitrogens with zero attached hydrogens (tertiary/aromatic N) is 2. The molecule has 0 radical (unpaired) electrons. The van der Waals surface area contributed by atoms with E-state index in [9.17, 15) is 4.79 Å². The predicted molar refractivity (Wildman–Crippen MR) is 132 cm³/mol. The number of carbonyl (C=O) groups excluding carboxylic acids is 1. The highest BCUT2D eigenvalue weighted by atomic mass is 127. The minimum Gasteiger partial charge on any atom is -0.358 e. The van der Waals surface area contributed by atoms with Crippen LogP contribution in [-0.4, -0.2) is 62.6 Å². The van der Waals surface area contributed by atoms with E-state index in [0.29, 0.717) is 12.6 Å². The molecule has 3 N–H and O–H groups in total. The number of hydrogen-bond acceptors (Lipinski definition) is 3. The summed E-state index contributed by atoms with van der Waals surface area (Å²) in [5, 5.41) is 9.67. The number of likely N-dealkylation sites (tertiary alicyclic amines) is 1. The molecule has 0 bridgehead atoms. The largest absolute Gasteiger partial charge is 0.358 e. The van der Waals surface area contributed by atoms with E-state index in [1.54, 1.807) is 7.05 Å². The highest BCUT2D eigenvalue weighted by molar-refractivity contribution is 14.0. The molecule has 0 aromatic heterocycles. The first-order valence-corrected chi connectivity index (χ1v) is 10.4. The molecule has 29 heavy (non-hydrogen) atoms. The lowest BCUT2D eigenvalue weighted by Gasteiger charge is -2.32. The number of hydrogen-bond donors (Lipinski definition) is 3. The van der Waals surface area contributed by atoms with Crippen molar-refractivity contribution < 1.29 is 4.79 Å². The van der Waals surface area contributed by atoms with Crippen LogP contribution in [0.5, 0.6) is 0 Å². The first kappa shape index (κ1) is 25.7. The number of nitrogens with one attached hydrogen (secondary N) is 3. The van der Waals surface area contributed by atoms with E-state index < -0.39 is 0 Å². The number of likely N-dealkylation sites (N-methyl/N-ethyl adjacent to an activating group) is 1. The van der Waals surface area contributed by atoms with Crippen molar-refractivity contribution in [2.24, 2.45) is 10.4 Å². The maximum absolute atomic E-state index is 11.5. The fourth-order valence-corrected chi connectivity index (χ4v) is 3.53. The topological polar surface area (TPSA) is 68.8 Å². The zero-order valence-electron chi connectivity index (χ0n) is 18.3. The molecule has 7 heteroatoms. The van der Waals surface area contributed by atoms with E-state index in [1.807, 2.05) is 0 Å². The summed E-state index contributed by atoms with van der Waals surface area (Å²) in [6.45, 7) is 10.6. The summed E-state index contributed by atoms with van der Waals surface area (Å²) >= 11 is 0. The number of amides is 1. The molecule has 0 atom stereocenters. The highest BCUT2D eigenvalue weighted by Gasteiger charge is 2.22. The van der Waals surface area contributed by atoms with Crippen molar-refractivity contribution in [1.29, 1.82) is 0 Å². The Morgan fingerprint density at radius 1 is 1.21 bits per heavy atom. The molecule has 1 aliphatic heterocycles. The third kappa shape index (κ3) is 9.80. The SMILES string of the molecule is CCNC(=NCC(C)(C)Cc1ccccc1)NC1CCN(CC(=O)NC)CC1.I. The Bertz CT molecular complexity index is 627. The van der Waals surface area contributed by atoms with E-state index in [4.69, 9.17) is 4.99 Å². The van der Waals surface area contributed by atoms with Gasteiger partial charge >= 0.3 is 0 Å². The number of benzene rings is 1. The van der Waals surface area contributed by atoms with E-state index in [1.165, 1.54) is 5.56 Å². The molecule has 1 aliphatic rings. The molecule has 0 aliphatic carbocycles. The molecule has 2 rings (SSSR count). The number of piperidine rings is 1.